The predicted molar refractivity (Wildman–Crippen MR) is 24.5 cm³/mol. The molecule has 0 aliphatic carbocycles. The van der Waals surface area contributed by atoms with Crippen molar-refractivity contribution in [2.45, 2.75) is 6.92 Å². The van der Waals surface area contributed by atoms with Crippen LogP contribution in [0.4, 0.5) is 0 Å². The molecule has 0 radical (unpaired) electrons. The maximum atomic E-state index is 9.71. The molecule has 0 bridgehead atoms. The Morgan fingerprint density at radius 3 is 2.29 bits per heavy atom. The lowest BCUT2D eigenvalue weighted by molar-refractivity contribution is -0.132. The summed E-state index contributed by atoms with van der Waals surface area (Å²) in [7, 11) is 0. The topological polar surface area (TPSA) is 61.2 Å². The first-order chi connectivity index (χ1) is 3.18. The average molecular weight is 99.1 g/mol. The zero-order valence-electron chi connectivity index (χ0n) is 3.86. The molecule has 0 aromatic heterocycles. The van der Waals surface area contributed by atoms with Crippen LogP contribution in [0.3, 0.4) is 0 Å². The van der Waals surface area contributed by atoms with Crippen molar-refractivity contribution in [3.05, 3.63) is 5.57 Å². The molecule has 0 unspecified atom stereocenters. The summed E-state index contributed by atoms with van der Waals surface area (Å²) < 4.78 is 0. The van der Waals surface area contributed by atoms with Gasteiger partial charge in [0.05, 0.1) is 5.57 Å². The Kier molecular flexibility index (Phi) is 1.82. The van der Waals surface area contributed by atoms with Crippen LogP contribution >= 0.6 is 0 Å². The van der Waals surface area contributed by atoms with Crippen molar-refractivity contribution < 1.29 is 9.90 Å². The van der Waals surface area contributed by atoms with Crippen molar-refractivity contribution >= 4 is 11.8 Å². The lowest BCUT2D eigenvalue weighted by atomic mass is 10.4. The lowest BCUT2D eigenvalue weighted by Crippen LogP contribution is -1.95. The van der Waals surface area contributed by atoms with E-state index in [0.717, 1.165) is 0 Å². The van der Waals surface area contributed by atoms with Gasteiger partial charge in [-0.2, -0.15) is 0 Å². The molecule has 0 aliphatic rings. The van der Waals surface area contributed by atoms with Crippen LogP contribution in [-0.4, -0.2) is 16.9 Å². The Morgan fingerprint density at radius 1 is 1.86 bits per heavy atom. The van der Waals surface area contributed by atoms with Crippen LogP contribution in [0.1, 0.15) is 6.92 Å². The van der Waals surface area contributed by atoms with Crippen LogP contribution < -0.4 is 0 Å². The summed E-state index contributed by atoms with van der Waals surface area (Å²) in [6.45, 7) is 1.31. The molecule has 0 aromatic carbocycles. The van der Waals surface area contributed by atoms with E-state index in [1.54, 1.807) is 5.87 Å². The highest BCUT2D eigenvalue weighted by Gasteiger charge is 1.94. The third kappa shape index (κ3) is 1.73. The van der Waals surface area contributed by atoms with Crippen molar-refractivity contribution in [1.82, 2.24) is 0 Å². The average Bonchev–Trinajstić information content (AvgIpc) is 1.65. The van der Waals surface area contributed by atoms with Gasteiger partial charge >= 0.3 is 5.97 Å². The molecule has 0 heterocycles. The largest absolute Gasteiger partial charge is 0.477 e. The second kappa shape index (κ2) is 2.16. The standard InChI is InChI=1S/C4H5NO2/c1-3(2-5)4(6)7/h5H,1H3,(H,6,7). The summed E-state index contributed by atoms with van der Waals surface area (Å²) >= 11 is 0. The zero-order valence-corrected chi connectivity index (χ0v) is 3.86. The Hall–Kier alpha value is -1.08. The molecule has 2 N–H and O–H groups in total. The Balaban J connectivity index is 4.10. The minimum Gasteiger partial charge on any atom is -0.477 e. The molecule has 0 atom stereocenters. The molecular weight excluding hydrogens is 94.0 g/mol. The highest BCUT2D eigenvalue weighted by Crippen LogP contribution is 1.80. The van der Waals surface area contributed by atoms with E-state index in [1.165, 1.54) is 6.92 Å². The van der Waals surface area contributed by atoms with Crippen molar-refractivity contribution in [2.75, 3.05) is 0 Å². The summed E-state index contributed by atoms with van der Waals surface area (Å²) in [4.78, 5) is 9.71. The first-order valence-corrected chi connectivity index (χ1v) is 1.68. The molecule has 0 rings (SSSR count). The van der Waals surface area contributed by atoms with E-state index in [0.29, 0.717) is 0 Å². The van der Waals surface area contributed by atoms with Gasteiger partial charge in [0, 0.05) is 0 Å². The molecule has 3 nitrogen and oxygen atoms in total. The summed E-state index contributed by atoms with van der Waals surface area (Å²) in [5.41, 5.74) is -0.0694. The SMILES string of the molecule is CC(=C=N)C(=O)O. The van der Waals surface area contributed by atoms with E-state index in [9.17, 15) is 4.79 Å². The number of hydrogen-bond donors (Lipinski definition) is 2. The minimum absolute atomic E-state index is 0.0694. The van der Waals surface area contributed by atoms with E-state index in [2.05, 4.69) is 0 Å². The van der Waals surface area contributed by atoms with Crippen molar-refractivity contribution in [3.8, 4) is 0 Å². The van der Waals surface area contributed by atoms with Crippen LogP contribution in [-0.2, 0) is 4.79 Å². The number of carboxylic acid groups (broad SMARTS) is 1. The maximum Gasteiger partial charge on any atom is 0.340 e. The summed E-state index contributed by atoms with van der Waals surface area (Å²) in [5, 5.41) is 14.2. The van der Waals surface area contributed by atoms with Crippen molar-refractivity contribution in [3.63, 3.8) is 0 Å². The number of hydrogen-bond acceptors (Lipinski definition) is 2. The first-order valence-electron chi connectivity index (χ1n) is 1.68. The Bertz CT molecular complexity index is 133. The van der Waals surface area contributed by atoms with Gasteiger partial charge in [-0.05, 0) is 12.8 Å². The van der Waals surface area contributed by atoms with E-state index in [-0.39, 0.29) is 5.57 Å². The number of nitrogens with one attached hydrogen (secondary N) is 1. The molecule has 38 valence electrons. The highest BCUT2D eigenvalue weighted by atomic mass is 16.4. The van der Waals surface area contributed by atoms with Crippen molar-refractivity contribution in [1.29, 1.82) is 5.41 Å². The van der Waals surface area contributed by atoms with Gasteiger partial charge < -0.3 is 5.11 Å². The van der Waals surface area contributed by atoms with E-state index >= 15 is 0 Å². The Morgan fingerprint density at radius 2 is 2.29 bits per heavy atom. The Labute approximate surface area is 40.8 Å². The van der Waals surface area contributed by atoms with Gasteiger partial charge in [0.15, 0.2) is 0 Å². The fourth-order valence-corrected chi connectivity index (χ4v) is 0.0535. The van der Waals surface area contributed by atoms with Gasteiger partial charge in [0.25, 0.3) is 0 Å². The molecule has 0 saturated carbocycles. The second-order valence-electron chi connectivity index (χ2n) is 1.06. The van der Waals surface area contributed by atoms with Crippen molar-refractivity contribution in [2.24, 2.45) is 0 Å². The third-order valence-corrected chi connectivity index (χ3v) is 0.508. The predicted octanol–water partition coefficient (Wildman–Crippen LogP) is 0.266. The van der Waals surface area contributed by atoms with Gasteiger partial charge in [-0.1, -0.05) is 0 Å². The van der Waals surface area contributed by atoms with Gasteiger partial charge in [-0.3, -0.25) is 5.41 Å². The van der Waals surface area contributed by atoms with E-state index in [1.807, 2.05) is 0 Å². The fourth-order valence-electron chi connectivity index (χ4n) is 0.0535. The number of carboxylic acids is 1. The summed E-state index contributed by atoms with van der Waals surface area (Å²) in [6.07, 6.45) is 0. The van der Waals surface area contributed by atoms with Crippen LogP contribution in [0.15, 0.2) is 5.57 Å². The molecule has 0 aliphatic heterocycles. The molecule has 7 heavy (non-hydrogen) atoms. The fraction of sp³-hybridized carbons (Fsp3) is 0.250. The quantitative estimate of drug-likeness (QED) is 0.366. The molecule has 0 saturated heterocycles. The van der Waals surface area contributed by atoms with E-state index < -0.39 is 5.97 Å². The number of rotatable bonds is 1. The maximum absolute atomic E-state index is 9.71. The van der Waals surface area contributed by atoms with Gasteiger partial charge in [-0.25, -0.2) is 4.79 Å². The molecular formula is C4H5NO2. The van der Waals surface area contributed by atoms with Gasteiger partial charge in [0.2, 0.25) is 0 Å². The normalized spacial score (nSPS) is 7.00. The van der Waals surface area contributed by atoms with Gasteiger partial charge in [-0.15, -0.1) is 0 Å². The molecule has 0 amide bonds. The smallest absolute Gasteiger partial charge is 0.340 e. The molecule has 3 heteroatoms. The molecule has 0 aromatic rings. The zero-order chi connectivity index (χ0) is 5.86. The monoisotopic (exact) mass is 99.0 g/mol. The molecule has 0 fully saturated rings. The van der Waals surface area contributed by atoms with Crippen LogP contribution in [0.25, 0.3) is 0 Å². The highest BCUT2D eigenvalue weighted by molar-refractivity contribution is 5.94. The molecule has 0 spiro atoms. The van der Waals surface area contributed by atoms with E-state index in [4.69, 9.17) is 10.5 Å². The number of carbonyl (C=O) groups is 1. The second-order valence-corrected chi connectivity index (χ2v) is 1.06. The van der Waals surface area contributed by atoms with Crippen LogP contribution in [0.5, 0.6) is 0 Å². The van der Waals surface area contributed by atoms with Gasteiger partial charge in [0.1, 0.15) is 0 Å². The van der Waals surface area contributed by atoms with Crippen LogP contribution in [0, 0.1) is 5.41 Å². The lowest BCUT2D eigenvalue weighted by Gasteiger charge is -1.78. The summed E-state index contributed by atoms with van der Waals surface area (Å²) in [5.74, 6) is 0.644. The van der Waals surface area contributed by atoms with Crippen LogP contribution in [0.2, 0.25) is 0 Å². The first kappa shape index (κ1) is 5.92. The summed E-state index contributed by atoms with van der Waals surface area (Å²) in [6, 6.07) is 0. The minimum atomic E-state index is -1.09. The number of aliphatic carboxylic acids is 1. The third-order valence-electron chi connectivity index (χ3n) is 0.508.